The van der Waals surface area contributed by atoms with Crippen LogP contribution in [0.5, 0.6) is 34.5 Å². The number of esters is 4. The first kappa shape index (κ1) is 40.4. The maximum absolute atomic E-state index is 13.2. The van der Waals surface area contributed by atoms with Gasteiger partial charge in [-0.15, -0.1) is 0 Å². The van der Waals surface area contributed by atoms with Gasteiger partial charge in [-0.05, 0) is 83.9 Å². The van der Waals surface area contributed by atoms with Gasteiger partial charge in [-0.3, -0.25) is 0 Å². The average Bonchev–Trinajstić information content (AvgIpc) is 3.83. The molecular formula is C42H34O16. The summed E-state index contributed by atoms with van der Waals surface area (Å²) in [6, 6.07) is 16.0. The fourth-order valence-electron chi connectivity index (χ4n) is 6.63. The van der Waals surface area contributed by atoms with Crippen molar-refractivity contribution in [2.75, 3.05) is 27.4 Å². The van der Waals surface area contributed by atoms with Crippen molar-refractivity contribution in [3.63, 3.8) is 0 Å². The number of carbonyl (C=O) groups excluding carboxylic acids is 4. The fraction of sp³-hybridized carbons (Fsp3) is 0.190. The van der Waals surface area contributed by atoms with Gasteiger partial charge in [-0.25, -0.2) is 28.8 Å². The number of fused-ring (bicyclic) bond motifs is 1. The molecule has 0 amide bonds. The number of aromatic carboxylic acids is 2. The van der Waals surface area contributed by atoms with Gasteiger partial charge in [0, 0.05) is 24.0 Å². The number of ether oxygens (including phenoxy) is 8. The van der Waals surface area contributed by atoms with Crippen molar-refractivity contribution in [2.24, 2.45) is 0 Å². The van der Waals surface area contributed by atoms with Crippen LogP contribution in [0.4, 0.5) is 0 Å². The second-order valence-electron chi connectivity index (χ2n) is 12.7. The molecule has 2 aliphatic rings. The van der Waals surface area contributed by atoms with Gasteiger partial charge < -0.3 is 48.1 Å². The third-order valence-electron chi connectivity index (χ3n) is 9.33. The molecule has 4 aromatic carbocycles. The smallest absolute Gasteiger partial charge is 0.343 e. The van der Waals surface area contributed by atoms with Gasteiger partial charge >= 0.3 is 35.8 Å². The summed E-state index contributed by atoms with van der Waals surface area (Å²) >= 11 is 0. The first-order valence-corrected chi connectivity index (χ1v) is 17.3. The molecule has 16 heteroatoms. The summed E-state index contributed by atoms with van der Waals surface area (Å²) in [7, 11) is 2.64. The molecule has 58 heavy (non-hydrogen) atoms. The van der Waals surface area contributed by atoms with E-state index in [-0.39, 0.29) is 81.1 Å². The topological polar surface area (TPSA) is 217 Å². The number of methoxy groups -OCH3 is 2. The van der Waals surface area contributed by atoms with Crippen molar-refractivity contribution in [1.82, 2.24) is 0 Å². The van der Waals surface area contributed by atoms with Gasteiger partial charge in [-0.1, -0.05) is 13.2 Å². The number of hydrogen-bond donors (Lipinski definition) is 2. The second kappa shape index (κ2) is 17.2. The molecule has 0 saturated carbocycles. The van der Waals surface area contributed by atoms with E-state index in [1.54, 1.807) is 0 Å². The lowest BCUT2D eigenvalue weighted by molar-refractivity contribution is -0.130. The van der Waals surface area contributed by atoms with E-state index in [0.717, 1.165) is 12.2 Å². The Labute approximate surface area is 329 Å². The predicted molar refractivity (Wildman–Crippen MR) is 199 cm³/mol. The SMILES string of the molecule is C=CC(=O)Oc1ccc(C(=O)Oc2ccc(C(=O)O)c([C@@H]3CO[C@H]4[C@@H]3OC[C@H]4c3cc(OC(=O)c4ccc(OC(=O)C=C)c(OC)c4)ccc3C(=O)O)c2)cc1OC. The predicted octanol–water partition coefficient (Wildman–Crippen LogP) is 5.39. The second-order valence-corrected chi connectivity index (χ2v) is 12.7. The van der Waals surface area contributed by atoms with Crippen LogP contribution in [0.15, 0.2) is 98.1 Å². The Kier molecular flexibility index (Phi) is 12.0. The molecule has 298 valence electrons. The van der Waals surface area contributed by atoms with Crippen LogP contribution in [-0.2, 0) is 19.1 Å². The van der Waals surface area contributed by atoms with Crippen LogP contribution >= 0.6 is 0 Å². The van der Waals surface area contributed by atoms with E-state index in [2.05, 4.69) is 13.2 Å². The van der Waals surface area contributed by atoms with Gasteiger partial charge in [0.15, 0.2) is 23.0 Å². The van der Waals surface area contributed by atoms with Gasteiger partial charge in [0.2, 0.25) is 0 Å². The molecule has 2 fully saturated rings. The fourth-order valence-corrected chi connectivity index (χ4v) is 6.63. The van der Waals surface area contributed by atoms with Crippen LogP contribution in [-0.4, -0.2) is 85.7 Å². The normalized spacial score (nSPS) is 17.9. The Bertz CT molecular complexity index is 2180. The highest BCUT2D eigenvalue weighted by atomic mass is 16.6. The standard InChI is InChI=1S/C42H34O16/c1-5-35(43)57-31-13-7-21(15-33(31)51-3)41(49)55-23-9-11-25(39(45)46)27(17-23)29-19-53-38-30(20-54-37(29)38)28-18-24(10-12-26(28)40(47)48)56-42(50)22-8-14-32(34(16-22)52-4)58-36(44)6-2/h5-18,29-30,37-38H,1-2,19-20H2,3-4H3,(H,45,46)(H,47,48)/t29-,30-,37+,38+/m0/s1. The van der Waals surface area contributed by atoms with Crippen LogP contribution in [0.25, 0.3) is 0 Å². The van der Waals surface area contributed by atoms with Crippen LogP contribution in [0.3, 0.4) is 0 Å². The molecule has 6 rings (SSSR count). The van der Waals surface area contributed by atoms with Crippen LogP contribution < -0.4 is 28.4 Å². The molecule has 0 radical (unpaired) electrons. The lowest BCUT2D eigenvalue weighted by atomic mass is 9.84. The summed E-state index contributed by atoms with van der Waals surface area (Å²) in [6.07, 6.45) is 0.431. The first-order valence-electron chi connectivity index (χ1n) is 17.3. The average molecular weight is 795 g/mol. The van der Waals surface area contributed by atoms with Crippen LogP contribution in [0.1, 0.15) is 64.4 Å². The van der Waals surface area contributed by atoms with E-state index in [0.29, 0.717) is 0 Å². The molecule has 0 aliphatic carbocycles. The molecule has 0 spiro atoms. The zero-order chi connectivity index (χ0) is 41.7. The van der Waals surface area contributed by atoms with Crippen molar-refractivity contribution in [2.45, 2.75) is 24.0 Å². The Morgan fingerprint density at radius 3 is 1.31 bits per heavy atom. The van der Waals surface area contributed by atoms with E-state index in [1.807, 2.05) is 0 Å². The van der Waals surface area contributed by atoms with Crippen LogP contribution in [0.2, 0.25) is 0 Å². The number of rotatable bonds is 14. The summed E-state index contributed by atoms with van der Waals surface area (Å²) < 4.78 is 44.3. The minimum Gasteiger partial charge on any atom is -0.493 e. The Balaban J connectivity index is 1.22. The highest BCUT2D eigenvalue weighted by Gasteiger charge is 2.50. The summed E-state index contributed by atoms with van der Waals surface area (Å²) in [5.41, 5.74) is 0.377. The molecule has 0 unspecified atom stereocenters. The number of benzene rings is 4. The Morgan fingerprint density at radius 1 is 0.569 bits per heavy atom. The largest absolute Gasteiger partial charge is 0.493 e. The van der Waals surface area contributed by atoms with E-state index in [1.165, 1.54) is 87.0 Å². The zero-order valence-electron chi connectivity index (χ0n) is 30.8. The Morgan fingerprint density at radius 2 is 0.966 bits per heavy atom. The number of carbonyl (C=O) groups is 6. The molecule has 0 aromatic heterocycles. The zero-order valence-corrected chi connectivity index (χ0v) is 30.8. The van der Waals surface area contributed by atoms with Gasteiger partial charge in [0.1, 0.15) is 11.5 Å². The molecule has 2 N–H and O–H groups in total. The lowest BCUT2D eigenvalue weighted by Crippen LogP contribution is -2.26. The number of hydrogen-bond acceptors (Lipinski definition) is 14. The highest BCUT2D eigenvalue weighted by molar-refractivity contribution is 5.94. The van der Waals surface area contributed by atoms with Crippen molar-refractivity contribution >= 4 is 35.8 Å². The lowest BCUT2D eigenvalue weighted by Gasteiger charge is -2.20. The molecule has 0 bridgehead atoms. The molecule has 2 heterocycles. The molecule has 2 aliphatic heterocycles. The highest BCUT2D eigenvalue weighted by Crippen LogP contribution is 2.46. The van der Waals surface area contributed by atoms with Gasteiger partial charge in [0.25, 0.3) is 0 Å². The summed E-state index contributed by atoms with van der Waals surface area (Å²) in [5.74, 6) is -6.73. The van der Waals surface area contributed by atoms with Crippen molar-refractivity contribution < 1.29 is 76.9 Å². The van der Waals surface area contributed by atoms with Gasteiger partial charge in [0.05, 0.1) is 61.9 Å². The third kappa shape index (κ3) is 8.42. The monoisotopic (exact) mass is 794 g/mol. The van der Waals surface area contributed by atoms with Crippen molar-refractivity contribution in [1.29, 1.82) is 0 Å². The summed E-state index contributed by atoms with van der Waals surface area (Å²) in [4.78, 5) is 74.5. The van der Waals surface area contributed by atoms with E-state index in [9.17, 15) is 39.0 Å². The first-order chi connectivity index (χ1) is 27.8. The minimum absolute atomic E-state index is 0.0110. The van der Waals surface area contributed by atoms with Crippen molar-refractivity contribution in [3.05, 3.63) is 131 Å². The maximum atomic E-state index is 13.2. The molecule has 2 saturated heterocycles. The molecule has 4 aromatic rings. The van der Waals surface area contributed by atoms with E-state index < -0.39 is 59.9 Å². The van der Waals surface area contributed by atoms with E-state index in [4.69, 9.17) is 37.9 Å². The number of carboxylic acids is 2. The molecule has 4 atom stereocenters. The van der Waals surface area contributed by atoms with E-state index >= 15 is 0 Å². The molecule has 16 nitrogen and oxygen atoms in total. The number of carboxylic acid groups (broad SMARTS) is 2. The minimum atomic E-state index is -1.26. The quantitative estimate of drug-likeness (QED) is 0.0930. The molecular weight excluding hydrogens is 760 g/mol. The third-order valence-corrected chi connectivity index (χ3v) is 9.33. The van der Waals surface area contributed by atoms with Crippen LogP contribution in [0, 0.1) is 0 Å². The summed E-state index contributed by atoms with van der Waals surface area (Å²) in [5, 5.41) is 20.2. The summed E-state index contributed by atoms with van der Waals surface area (Å²) in [6.45, 7) is 6.64. The Hall–Kier alpha value is -7.30. The van der Waals surface area contributed by atoms with Gasteiger partial charge in [-0.2, -0.15) is 0 Å². The van der Waals surface area contributed by atoms with Crippen molar-refractivity contribution in [3.8, 4) is 34.5 Å². The maximum Gasteiger partial charge on any atom is 0.343 e.